The first-order chi connectivity index (χ1) is 13.8. The average molecular weight is 437 g/mol. The Balaban J connectivity index is 1.76. The summed E-state index contributed by atoms with van der Waals surface area (Å²) in [5, 5.41) is 3.06. The fourth-order valence-electron chi connectivity index (χ4n) is 3.25. The monoisotopic (exact) mass is 436 g/mol. The summed E-state index contributed by atoms with van der Waals surface area (Å²) in [6.07, 6.45) is 0. The number of carbonyl (C=O) groups excluding carboxylic acids is 1. The van der Waals surface area contributed by atoms with Gasteiger partial charge in [-0.25, -0.2) is 13.1 Å². The molecule has 0 spiro atoms. The first-order valence-corrected chi connectivity index (χ1v) is 11.2. The number of likely N-dealkylation sites (N-methyl/N-ethyl adjacent to an activating group) is 1. The minimum Gasteiger partial charge on any atom is -0.369 e. The van der Waals surface area contributed by atoms with Crippen molar-refractivity contribution >= 4 is 33.2 Å². The number of para-hydroxylation sites is 1. The van der Waals surface area contributed by atoms with Crippen LogP contribution in [0.5, 0.6) is 0 Å². The van der Waals surface area contributed by atoms with Crippen molar-refractivity contribution in [1.29, 1.82) is 0 Å². The summed E-state index contributed by atoms with van der Waals surface area (Å²) in [4.78, 5) is 17.3. The van der Waals surface area contributed by atoms with E-state index < -0.39 is 15.9 Å². The van der Waals surface area contributed by atoms with Crippen molar-refractivity contribution in [3.63, 3.8) is 0 Å². The number of nitrogens with one attached hydrogen (secondary N) is 2. The largest absolute Gasteiger partial charge is 0.369 e. The summed E-state index contributed by atoms with van der Waals surface area (Å²) >= 11 is 6.14. The first-order valence-electron chi connectivity index (χ1n) is 9.34. The van der Waals surface area contributed by atoms with Crippen LogP contribution in [0.15, 0.2) is 47.4 Å². The van der Waals surface area contributed by atoms with E-state index in [1.54, 1.807) is 0 Å². The quantitative estimate of drug-likeness (QED) is 0.723. The molecule has 1 heterocycles. The van der Waals surface area contributed by atoms with Gasteiger partial charge >= 0.3 is 0 Å². The zero-order valence-electron chi connectivity index (χ0n) is 16.5. The van der Waals surface area contributed by atoms with Gasteiger partial charge in [-0.3, -0.25) is 4.79 Å². The van der Waals surface area contributed by atoms with Crippen molar-refractivity contribution in [2.24, 2.45) is 0 Å². The number of hydrogen-bond acceptors (Lipinski definition) is 5. The van der Waals surface area contributed by atoms with Crippen LogP contribution in [0.1, 0.15) is 15.9 Å². The molecule has 0 atom stereocenters. The van der Waals surface area contributed by atoms with E-state index >= 15 is 0 Å². The van der Waals surface area contributed by atoms with Crippen LogP contribution in [0.2, 0.25) is 5.02 Å². The maximum atomic E-state index is 12.7. The summed E-state index contributed by atoms with van der Waals surface area (Å²) in [6, 6.07) is 12.0. The van der Waals surface area contributed by atoms with Gasteiger partial charge in [0.15, 0.2) is 0 Å². The smallest absolute Gasteiger partial charge is 0.253 e. The molecule has 1 saturated heterocycles. The standard InChI is InChI=1S/C20H25ClN4O3S/c1-22-29(27,28)16-7-8-18(21)17(13-16)20(26)23-14-15-5-3-4-6-19(15)25-11-9-24(2)10-12-25/h3-8,13,22H,9-12,14H2,1-2H3,(H,23,26). The molecule has 1 aliphatic rings. The van der Waals surface area contributed by atoms with E-state index in [2.05, 4.69) is 33.0 Å². The first kappa shape index (κ1) is 21.6. The summed E-state index contributed by atoms with van der Waals surface area (Å²) in [5.74, 6) is -0.420. The number of nitrogens with zero attached hydrogens (tertiary/aromatic N) is 2. The highest BCUT2D eigenvalue weighted by atomic mass is 35.5. The zero-order chi connectivity index (χ0) is 21.0. The van der Waals surface area contributed by atoms with E-state index in [4.69, 9.17) is 11.6 Å². The van der Waals surface area contributed by atoms with Gasteiger partial charge in [0.25, 0.3) is 5.91 Å². The summed E-state index contributed by atoms with van der Waals surface area (Å²) < 4.78 is 26.3. The molecular formula is C20H25ClN4O3S. The molecular weight excluding hydrogens is 412 g/mol. The molecule has 1 aliphatic heterocycles. The Hall–Kier alpha value is -2.13. The number of hydrogen-bond donors (Lipinski definition) is 2. The van der Waals surface area contributed by atoms with E-state index in [0.29, 0.717) is 6.54 Å². The molecule has 1 fully saturated rings. The lowest BCUT2D eigenvalue weighted by molar-refractivity contribution is 0.0951. The minimum absolute atomic E-state index is 0.00705. The van der Waals surface area contributed by atoms with Gasteiger partial charge in [-0.1, -0.05) is 29.8 Å². The van der Waals surface area contributed by atoms with Crippen LogP contribution < -0.4 is 14.9 Å². The van der Waals surface area contributed by atoms with E-state index in [-0.39, 0.29) is 15.5 Å². The van der Waals surface area contributed by atoms with Gasteiger partial charge < -0.3 is 15.1 Å². The van der Waals surface area contributed by atoms with Crippen LogP contribution in [0.3, 0.4) is 0 Å². The second kappa shape index (κ2) is 9.13. The molecule has 156 valence electrons. The third-order valence-corrected chi connectivity index (χ3v) is 6.78. The minimum atomic E-state index is -3.66. The van der Waals surface area contributed by atoms with Crippen LogP contribution in [0, 0.1) is 0 Å². The molecule has 0 unspecified atom stereocenters. The van der Waals surface area contributed by atoms with Crippen molar-refractivity contribution in [2.45, 2.75) is 11.4 Å². The van der Waals surface area contributed by atoms with Crippen LogP contribution in [0.25, 0.3) is 0 Å². The highest BCUT2D eigenvalue weighted by Crippen LogP contribution is 2.23. The third kappa shape index (κ3) is 5.08. The lowest BCUT2D eigenvalue weighted by Gasteiger charge is -2.35. The average Bonchev–Trinajstić information content (AvgIpc) is 2.73. The molecule has 7 nitrogen and oxygen atoms in total. The summed E-state index contributed by atoms with van der Waals surface area (Å²) in [7, 11) is -0.238. The second-order valence-electron chi connectivity index (χ2n) is 6.95. The molecule has 1 amide bonds. The van der Waals surface area contributed by atoms with E-state index in [1.165, 1.54) is 25.2 Å². The summed E-state index contributed by atoms with van der Waals surface area (Å²) in [6.45, 7) is 4.15. The Morgan fingerprint density at radius 3 is 2.48 bits per heavy atom. The molecule has 3 rings (SSSR count). The van der Waals surface area contributed by atoms with Crippen LogP contribution in [0.4, 0.5) is 5.69 Å². The van der Waals surface area contributed by atoms with Gasteiger partial charge in [-0.2, -0.15) is 0 Å². The Morgan fingerprint density at radius 2 is 1.79 bits per heavy atom. The predicted octanol–water partition coefficient (Wildman–Crippen LogP) is 1.93. The van der Waals surface area contributed by atoms with Crippen molar-refractivity contribution in [3.8, 4) is 0 Å². The highest BCUT2D eigenvalue weighted by Gasteiger charge is 2.19. The number of halogens is 1. The maximum Gasteiger partial charge on any atom is 0.253 e. The van der Waals surface area contributed by atoms with Crippen molar-refractivity contribution in [2.75, 3.05) is 45.2 Å². The molecule has 9 heteroatoms. The topological polar surface area (TPSA) is 81.7 Å². The van der Waals surface area contributed by atoms with E-state index in [0.717, 1.165) is 37.4 Å². The molecule has 2 N–H and O–H groups in total. The number of amides is 1. The molecule has 0 saturated carbocycles. The van der Waals surface area contributed by atoms with Gasteiger partial charge in [0.2, 0.25) is 10.0 Å². The maximum absolute atomic E-state index is 12.7. The van der Waals surface area contributed by atoms with Gasteiger partial charge in [0, 0.05) is 38.4 Å². The lowest BCUT2D eigenvalue weighted by atomic mass is 10.1. The van der Waals surface area contributed by atoms with Crippen LogP contribution >= 0.6 is 11.6 Å². The Kier molecular flexibility index (Phi) is 6.79. The van der Waals surface area contributed by atoms with Gasteiger partial charge in [0.05, 0.1) is 15.5 Å². The number of benzene rings is 2. The molecule has 2 aromatic carbocycles. The van der Waals surface area contributed by atoms with E-state index in [9.17, 15) is 13.2 Å². The number of sulfonamides is 1. The van der Waals surface area contributed by atoms with Gasteiger partial charge in [-0.05, 0) is 43.9 Å². The zero-order valence-corrected chi connectivity index (χ0v) is 18.1. The normalized spacial score (nSPS) is 15.3. The van der Waals surface area contributed by atoms with Crippen molar-refractivity contribution in [1.82, 2.24) is 14.9 Å². The Labute approximate surface area is 176 Å². The Morgan fingerprint density at radius 1 is 1.10 bits per heavy atom. The molecule has 0 aromatic heterocycles. The van der Waals surface area contributed by atoms with Crippen molar-refractivity contribution < 1.29 is 13.2 Å². The molecule has 29 heavy (non-hydrogen) atoms. The molecule has 2 aromatic rings. The number of rotatable bonds is 6. The van der Waals surface area contributed by atoms with Gasteiger partial charge in [0.1, 0.15) is 0 Å². The van der Waals surface area contributed by atoms with E-state index in [1.807, 2.05) is 18.2 Å². The van der Waals surface area contributed by atoms with Crippen molar-refractivity contribution in [3.05, 3.63) is 58.6 Å². The fraction of sp³-hybridized carbons (Fsp3) is 0.350. The predicted molar refractivity (Wildman–Crippen MR) is 115 cm³/mol. The molecule has 0 aliphatic carbocycles. The van der Waals surface area contributed by atoms with Crippen LogP contribution in [-0.2, 0) is 16.6 Å². The van der Waals surface area contributed by atoms with Crippen LogP contribution in [-0.4, -0.2) is 59.5 Å². The second-order valence-corrected chi connectivity index (χ2v) is 9.24. The lowest BCUT2D eigenvalue weighted by Crippen LogP contribution is -2.45. The van der Waals surface area contributed by atoms with Gasteiger partial charge in [-0.15, -0.1) is 0 Å². The number of anilines is 1. The third-order valence-electron chi connectivity index (χ3n) is 5.04. The molecule has 0 radical (unpaired) electrons. The Bertz CT molecular complexity index is 989. The highest BCUT2D eigenvalue weighted by molar-refractivity contribution is 7.89. The summed E-state index contributed by atoms with van der Waals surface area (Å²) in [5.41, 5.74) is 2.22. The SMILES string of the molecule is CNS(=O)(=O)c1ccc(Cl)c(C(=O)NCc2ccccc2N2CCN(C)CC2)c1. The molecule has 0 bridgehead atoms. The fourth-order valence-corrected chi connectivity index (χ4v) is 4.21. The number of carbonyl (C=O) groups is 1. The number of piperazine rings is 1.